The number of benzene rings is 2. The first kappa shape index (κ1) is 34.0. The van der Waals surface area contributed by atoms with Crippen molar-refractivity contribution in [1.82, 2.24) is 24.1 Å². The molecule has 3 unspecified atom stereocenters. The van der Waals surface area contributed by atoms with Crippen LogP contribution in [0.1, 0.15) is 5.56 Å². The maximum atomic E-state index is 12.8. The molecule has 1 fully saturated rings. The van der Waals surface area contributed by atoms with E-state index in [0.29, 0.717) is 37.6 Å². The molecule has 2 heterocycles. The molecule has 1 aromatic heterocycles. The van der Waals surface area contributed by atoms with Gasteiger partial charge in [0, 0.05) is 46.0 Å². The minimum atomic E-state index is -3.74. The molecule has 1 saturated heterocycles. The molecule has 3 atom stereocenters. The third-order valence-electron chi connectivity index (χ3n) is 6.97. The van der Waals surface area contributed by atoms with Crippen LogP contribution in [0.15, 0.2) is 59.6 Å². The number of aliphatic hydroxyl groups excluding tert-OH is 1. The zero-order chi connectivity index (χ0) is 32.9. The number of nitrogens with zero attached hydrogens (tertiary/aromatic N) is 5. The zero-order valence-electron chi connectivity index (χ0n) is 24.7. The normalized spacial score (nSPS) is 17.5. The van der Waals surface area contributed by atoms with E-state index in [1.54, 1.807) is 30.3 Å². The van der Waals surface area contributed by atoms with E-state index in [9.17, 15) is 28.2 Å². The molecule has 5 N–H and O–H groups in total. The number of piperazine rings is 1. The fraction of sp³-hybridized carbons (Fsp3) is 0.357. The summed E-state index contributed by atoms with van der Waals surface area (Å²) >= 11 is 6.33. The summed E-state index contributed by atoms with van der Waals surface area (Å²) in [6, 6.07) is 13.7. The largest absolute Gasteiger partial charge is 0.479 e. The summed E-state index contributed by atoms with van der Waals surface area (Å²) < 4.78 is 32.3. The molecule has 15 nitrogen and oxygen atoms in total. The van der Waals surface area contributed by atoms with Crippen LogP contribution in [-0.2, 0) is 30.9 Å². The summed E-state index contributed by atoms with van der Waals surface area (Å²) in [6.07, 6.45) is -3.54. The highest BCUT2D eigenvalue weighted by molar-refractivity contribution is 7.89. The van der Waals surface area contributed by atoms with Crippen molar-refractivity contribution in [3.63, 3.8) is 0 Å². The lowest BCUT2D eigenvalue weighted by atomic mass is 10.1. The minimum Gasteiger partial charge on any atom is -0.479 e. The first-order chi connectivity index (χ1) is 21.3. The fourth-order valence-electron chi connectivity index (χ4n) is 4.48. The Morgan fingerprint density at radius 1 is 1.09 bits per heavy atom. The van der Waals surface area contributed by atoms with Crippen LogP contribution in [0.4, 0.5) is 23.1 Å². The molecule has 2 aromatic carbocycles. The van der Waals surface area contributed by atoms with Gasteiger partial charge in [-0.05, 0) is 36.9 Å². The zero-order valence-corrected chi connectivity index (χ0v) is 26.2. The van der Waals surface area contributed by atoms with Crippen LogP contribution in [0, 0.1) is 0 Å². The number of hydrogen-bond acceptors (Lipinski definition) is 12. The van der Waals surface area contributed by atoms with Crippen LogP contribution >= 0.6 is 11.6 Å². The van der Waals surface area contributed by atoms with E-state index in [1.807, 2.05) is 29.0 Å². The molecule has 1 aliphatic rings. The highest BCUT2D eigenvalue weighted by Gasteiger charge is 2.38. The Bertz CT molecular complexity index is 1630. The molecule has 3 aromatic rings. The molecule has 17 heteroatoms. The lowest BCUT2D eigenvalue weighted by Crippen LogP contribution is -2.56. The van der Waals surface area contributed by atoms with Crippen LogP contribution in [-0.4, -0.2) is 119 Å². The van der Waals surface area contributed by atoms with Crippen LogP contribution in [0.25, 0.3) is 0 Å². The molecule has 4 rings (SSSR count). The maximum Gasteiger partial charge on any atom is 0.336 e. The van der Waals surface area contributed by atoms with Crippen LogP contribution < -0.4 is 10.6 Å². The van der Waals surface area contributed by atoms with E-state index in [2.05, 4.69) is 20.6 Å². The predicted molar refractivity (Wildman–Crippen MR) is 165 cm³/mol. The summed E-state index contributed by atoms with van der Waals surface area (Å²) in [5.74, 6) is -2.86. The van der Waals surface area contributed by atoms with Gasteiger partial charge in [-0.2, -0.15) is 4.98 Å². The second-order valence-electron chi connectivity index (χ2n) is 10.5. The van der Waals surface area contributed by atoms with Gasteiger partial charge < -0.3 is 35.6 Å². The van der Waals surface area contributed by atoms with Gasteiger partial charge in [-0.15, -0.1) is 0 Å². The van der Waals surface area contributed by atoms with Gasteiger partial charge in [0.05, 0.1) is 11.9 Å². The Kier molecular flexibility index (Phi) is 10.9. The van der Waals surface area contributed by atoms with Gasteiger partial charge in [-0.3, -0.25) is 4.90 Å². The SMILES string of the molecule is CN1CCN(Cc2ccc(Nc3ncc(Cl)c(Nc4ccccc4S(=O)(=O)N(C)C)n3)cc2)C(OC(C(=O)O)C(O)C(=O)O)C1. The fourth-order valence-corrected chi connectivity index (χ4v) is 5.66. The third kappa shape index (κ3) is 8.43. The lowest BCUT2D eigenvalue weighted by Gasteiger charge is -2.40. The number of rotatable bonds is 13. The summed E-state index contributed by atoms with van der Waals surface area (Å²) in [5, 5.41) is 34.7. The molecule has 0 radical (unpaired) electrons. The van der Waals surface area contributed by atoms with Gasteiger partial charge in [0.25, 0.3) is 0 Å². The van der Waals surface area contributed by atoms with Gasteiger partial charge in [0.2, 0.25) is 16.0 Å². The smallest absolute Gasteiger partial charge is 0.336 e. The van der Waals surface area contributed by atoms with E-state index in [0.717, 1.165) is 9.87 Å². The third-order valence-corrected chi connectivity index (χ3v) is 9.12. The molecule has 0 saturated carbocycles. The molecular weight excluding hydrogens is 630 g/mol. The van der Waals surface area contributed by atoms with E-state index in [1.165, 1.54) is 26.4 Å². The Labute approximate surface area is 265 Å². The topological polar surface area (TPSA) is 198 Å². The first-order valence-electron chi connectivity index (χ1n) is 13.6. The monoisotopic (exact) mass is 663 g/mol. The molecule has 0 amide bonds. The number of carbonyl (C=O) groups is 2. The Morgan fingerprint density at radius 3 is 2.42 bits per heavy atom. The molecule has 1 aliphatic heterocycles. The number of halogens is 1. The number of carboxylic acids is 2. The number of aromatic nitrogens is 2. The Balaban J connectivity index is 1.46. The van der Waals surface area contributed by atoms with E-state index in [-0.39, 0.29) is 21.7 Å². The summed E-state index contributed by atoms with van der Waals surface area (Å²) in [6.45, 7) is 1.87. The van der Waals surface area contributed by atoms with Gasteiger partial charge >= 0.3 is 11.9 Å². The molecule has 0 bridgehead atoms. The molecule has 242 valence electrons. The van der Waals surface area contributed by atoms with Crippen molar-refractivity contribution >= 4 is 56.7 Å². The van der Waals surface area contributed by atoms with Crippen LogP contribution in [0.3, 0.4) is 0 Å². The molecule has 45 heavy (non-hydrogen) atoms. The number of carboxylic acid groups (broad SMARTS) is 2. The highest BCUT2D eigenvalue weighted by atomic mass is 35.5. The number of para-hydroxylation sites is 1. The number of hydrogen-bond donors (Lipinski definition) is 5. The van der Waals surface area contributed by atoms with Crippen molar-refractivity contribution < 1.29 is 38.1 Å². The predicted octanol–water partition coefficient (Wildman–Crippen LogP) is 1.86. The van der Waals surface area contributed by atoms with Crippen LogP contribution in [0.5, 0.6) is 0 Å². The second kappa shape index (κ2) is 14.5. The number of aliphatic carboxylic acids is 2. The number of anilines is 4. The molecular formula is C28H34ClN7O8S. The molecule has 0 spiro atoms. The first-order valence-corrected chi connectivity index (χ1v) is 15.5. The average Bonchev–Trinajstić information content (AvgIpc) is 2.99. The van der Waals surface area contributed by atoms with Crippen LogP contribution in [0.2, 0.25) is 5.02 Å². The quantitative estimate of drug-likeness (QED) is 0.178. The van der Waals surface area contributed by atoms with Crippen molar-refractivity contribution in [3.05, 3.63) is 65.3 Å². The number of sulfonamides is 1. The lowest BCUT2D eigenvalue weighted by molar-refractivity contribution is -0.193. The highest BCUT2D eigenvalue weighted by Crippen LogP contribution is 2.30. The van der Waals surface area contributed by atoms with E-state index >= 15 is 0 Å². The van der Waals surface area contributed by atoms with Crippen molar-refractivity contribution in [2.45, 2.75) is 29.9 Å². The second-order valence-corrected chi connectivity index (χ2v) is 13.0. The number of aliphatic hydroxyl groups is 1. The number of nitrogens with one attached hydrogen (secondary N) is 2. The number of ether oxygens (including phenoxy) is 1. The maximum absolute atomic E-state index is 12.8. The Morgan fingerprint density at radius 2 is 1.78 bits per heavy atom. The summed E-state index contributed by atoms with van der Waals surface area (Å²) in [5.41, 5.74) is 1.80. The van der Waals surface area contributed by atoms with E-state index < -0.39 is 40.4 Å². The van der Waals surface area contributed by atoms with Gasteiger partial charge in [-0.25, -0.2) is 27.3 Å². The standard InChI is InChI=1S/C28H34ClN7O8S/c1-34(2)45(42,43)21-7-5-4-6-20(21)32-25-19(29)14-30-28(33-25)31-18-10-8-17(9-11-18)15-36-13-12-35(3)16-22(36)44-24(27(40)41)23(37)26(38)39/h4-11,14,22-24,37H,12-13,15-16H2,1-3H3,(H,38,39)(H,40,41)(H2,30,31,32,33). The van der Waals surface area contributed by atoms with E-state index in [4.69, 9.17) is 21.4 Å². The average molecular weight is 664 g/mol. The van der Waals surface area contributed by atoms with Crippen molar-refractivity contribution in [2.24, 2.45) is 0 Å². The number of likely N-dealkylation sites (N-methyl/N-ethyl adjacent to an activating group) is 1. The Hall–Kier alpha value is -3.90. The summed E-state index contributed by atoms with van der Waals surface area (Å²) in [4.78, 5) is 35.3. The molecule has 0 aliphatic carbocycles. The van der Waals surface area contributed by atoms with Gasteiger partial charge in [-0.1, -0.05) is 35.9 Å². The van der Waals surface area contributed by atoms with Gasteiger partial charge in [0.1, 0.15) is 16.1 Å². The van der Waals surface area contributed by atoms with Crippen molar-refractivity contribution in [1.29, 1.82) is 0 Å². The minimum absolute atomic E-state index is 0.0549. The van der Waals surface area contributed by atoms with Gasteiger partial charge in [0.15, 0.2) is 18.0 Å². The van der Waals surface area contributed by atoms with Crippen molar-refractivity contribution in [2.75, 3.05) is 51.4 Å². The van der Waals surface area contributed by atoms with Crippen molar-refractivity contribution in [3.8, 4) is 0 Å². The summed E-state index contributed by atoms with van der Waals surface area (Å²) in [7, 11) is 0.974.